The van der Waals surface area contributed by atoms with Crippen LogP contribution in [-0.4, -0.2) is 64.7 Å². The lowest BCUT2D eigenvalue weighted by Crippen LogP contribution is -2.51. The number of likely N-dealkylation sites (tertiary alicyclic amines) is 2. The van der Waals surface area contributed by atoms with Gasteiger partial charge in [-0.2, -0.15) is 0 Å². The van der Waals surface area contributed by atoms with Gasteiger partial charge in [0.1, 0.15) is 5.56 Å². The highest BCUT2D eigenvalue weighted by atomic mass is 16.5. The van der Waals surface area contributed by atoms with E-state index in [1.165, 1.54) is 38.5 Å². The van der Waals surface area contributed by atoms with Crippen LogP contribution in [0.2, 0.25) is 0 Å². The number of nitrogens with zero attached hydrogens (tertiary/aromatic N) is 3. The van der Waals surface area contributed by atoms with Gasteiger partial charge in [0.2, 0.25) is 0 Å². The molecule has 0 aromatic carbocycles. The molecule has 1 aromatic rings. The van der Waals surface area contributed by atoms with Crippen molar-refractivity contribution < 1.29 is 9.53 Å². The van der Waals surface area contributed by atoms with Crippen molar-refractivity contribution in [3.63, 3.8) is 0 Å². The van der Waals surface area contributed by atoms with Crippen LogP contribution in [-0.2, 0) is 11.3 Å². The van der Waals surface area contributed by atoms with Crippen molar-refractivity contribution in [3.8, 4) is 0 Å². The molecule has 1 saturated carbocycles. The Morgan fingerprint density at radius 3 is 2.59 bits per heavy atom. The average molecular weight is 398 g/mol. The molecule has 6 nitrogen and oxygen atoms in total. The summed E-state index contributed by atoms with van der Waals surface area (Å²) in [5.41, 5.74) is 1.43. The lowest BCUT2D eigenvalue weighted by Gasteiger charge is -2.46. The zero-order chi connectivity index (χ0) is 19.5. The van der Waals surface area contributed by atoms with Crippen LogP contribution < -0.4 is 5.56 Å². The summed E-state index contributed by atoms with van der Waals surface area (Å²) >= 11 is 0. The predicted molar refractivity (Wildman–Crippen MR) is 109 cm³/mol. The summed E-state index contributed by atoms with van der Waals surface area (Å²) in [6, 6.07) is 4.77. The normalized spacial score (nSPS) is 34.4. The van der Waals surface area contributed by atoms with E-state index in [2.05, 4.69) is 11.0 Å². The molecule has 0 spiro atoms. The molecule has 4 fully saturated rings. The second-order valence-corrected chi connectivity index (χ2v) is 9.93. The van der Waals surface area contributed by atoms with Gasteiger partial charge in [0.15, 0.2) is 0 Å². The van der Waals surface area contributed by atoms with E-state index in [0.717, 1.165) is 37.8 Å². The standard InChI is InChI=1S/C23H31N3O3/c27-22(25-13-19-9-18(25)14-29-19)20-6-7-21-16-8-15(11-26(21)23(20)28)10-24(12-16)17-4-2-1-3-5-17/h6-7,15-19H,1-5,8-14H2/t15-,16+,18+,19+/m0/s1. The molecule has 29 heavy (non-hydrogen) atoms. The van der Waals surface area contributed by atoms with E-state index in [1.807, 2.05) is 15.5 Å². The van der Waals surface area contributed by atoms with Crippen LogP contribution in [0.1, 0.15) is 66.9 Å². The molecule has 1 aliphatic carbocycles. The van der Waals surface area contributed by atoms with E-state index in [0.29, 0.717) is 30.6 Å². The molecule has 4 bridgehead atoms. The van der Waals surface area contributed by atoms with Crippen LogP contribution in [0.3, 0.4) is 0 Å². The molecule has 0 unspecified atom stereocenters. The maximum absolute atomic E-state index is 13.3. The van der Waals surface area contributed by atoms with Crippen molar-refractivity contribution in [1.82, 2.24) is 14.4 Å². The van der Waals surface area contributed by atoms with E-state index >= 15 is 0 Å². The van der Waals surface area contributed by atoms with Crippen LogP contribution in [0.5, 0.6) is 0 Å². The number of aromatic nitrogens is 1. The third-order valence-electron chi connectivity index (χ3n) is 8.12. The zero-order valence-corrected chi connectivity index (χ0v) is 17.1. The van der Waals surface area contributed by atoms with Crippen molar-refractivity contribution in [3.05, 3.63) is 33.7 Å². The minimum absolute atomic E-state index is 0.0722. The monoisotopic (exact) mass is 397 g/mol. The molecule has 3 saturated heterocycles. The number of ether oxygens (including phenoxy) is 1. The molecule has 5 heterocycles. The van der Waals surface area contributed by atoms with Crippen molar-refractivity contribution in [1.29, 1.82) is 0 Å². The SMILES string of the molecule is O=C(c1ccc2n(c1=O)C[C@H]1C[C@@H]2CN(C2CCCCC2)C1)N1C[C@H]2C[C@@H]1CO2. The Morgan fingerprint density at radius 2 is 1.83 bits per heavy atom. The minimum atomic E-state index is -0.0966. The Balaban J connectivity index is 1.26. The fraction of sp³-hybridized carbons (Fsp3) is 0.739. The Hall–Kier alpha value is -1.66. The number of fused-ring (bicyclic) bond motifs is 6. The van der Waals surface area contributed by atoms with Gasteiger partial charge in [0.25, 0.3) is 11.5 Å². The first-order valence-electron chi connectivity index (χ1n) is 11.6. The number of hydrogen-bond donors (Lipinski definition) is 0. The minimum Gasteiger partial charge on any atom is -0.374 e. The van der Waals surface area contributed by atoms with Crippen LogP contribution in [0.4, 0.5) is 0 Å². The lowest BCUT2D eigenvalue weighted by molar-refractivity contribution is 0.0256. The smallest absolute Gasteiger partial charge is 0.263 e. The number of pyridine rings is 1. The van der Waals surface area contributed by atoms with Gasteiger partial charge in [0.05, 0.1) is 18.8 Å². The molecule has 4 atom stereocenters. The first kappa shape index (κ1) is 18.1. The fourth-order valence-electron chi connectivity index (χ4n) is 6.69. The second-order valence-electron chi connectivity index (χ2n) is 9.93. The van der Waals surface area contributed by atoms with Gasteiger partial charge in [-0.1, -0.05) is 19.3 Å². The number of piperidine rings is 1. The van der Waals surface area contributed by atoms with Crippen LogP contribution in [0, 0.1) is 5.92 Å². The van der Waals surface area contributed by atoms with E-state index in [9.17, 15) is 9.59 Å². The van der Waals surface area contributed by atoms with Crippen LogP contribution >= 0.6 is 0 Å². The molecule has 0 N–H and O–H groups in total. The van der Waals surface area contributed by atoms with E-state index in [1.54, 1.807) is 0 Å². The summed E-state index contributed by atoms with van der Waals surface area (Å²) < 4.78 is 7.56. The Morgan fingerprint density at radius 1 is 0.966 bits per heavy atom. The predicted octanol–water partition coefficient (Wildman–Crippen LogP) is 2.21. The zero-order valence-electron chi connectivity index (χ0n) is 17.1. The number of carbonyl (C=O) groups excluding carboxylic acids is 1. The average Bonchev–Trinajstić information content (AvgIpc) is 3.38. The topological polar surface area (TPSA) is 54.8 Å². The van der Waals surface area contributed by atoms with Gasteiger partial charge in [-0.25, -0.2) is 0 Å². The third-order valence-corrected chi connectivity index (χ3v) is 8.12. The quantitative estimate of drug-likeness (QED) is 0.768. The second kappa shape index (κ2) is 6.95. The number of amides is 1. The van der Waals surface area contributed by atoms with Gasteiger partial charge in [0, 0.05) is 43.8 Å². The molecule has 4 aliphatic heterocycles. The van der Waals surface area contributed by atoms with Crippen molar-refractivity contribution in [2.45, 2.75) is 75.6 Å². The van der Waals surface area contributed by atoms with E-state index in [4.69, 9.17) is 4.74 Å². The number of rotatable bonds is 2. The van der Waals surface area contributed by atoms with Gasteiger partial charge in [-0.05, 0) is 43.7 Å². The highest BCUT2D eigenvalue weighted by Gasteiger charge is 2.43. The molecule has 6 heteroatoms. The lowest BCUT2D eigenvalue weighted by atomic mass is 9.81. The summed E-state index contributed by atoms with van der Waals surface area (Å²) in [4.78, 5) is 31.0. The largest absolute Gasteiger partial charge is 0.374 e. The number of carbonyl (C=O) groups is 1. The number of morpholine rings is 1. The summed E-state index contributed by atoms with van der Waals surface area (Å²) in [6.45, 7) is 4.19. The molecule has 156 valence electrons. The van der Waals surface area contributed by atoms with Gasteiger partial charge in [-0.15, -0.1) is 0 Å². The first-order valence-corrected chi connectivity index (χ1v) is 11.6. The summed E-state index contributed by atoms with van der Waals surface area (Å²) in [6.07, 6.45) is 9.04. The molecule has 5 aliphatic rings. The molecular weight excluding hydrogens is 366 g/mol. The summed E-state index contributed by atoms with van der Waals surface area (Å²) in [5, 5.41) is 0. The molecule has 1 aromatic heterocycles. The molecule has 0 radical (unpaired) electrons. The molecule has 6 rings (SSSR count). The highest BCUT2D eigenvalue weighted by molar-refractivity contribution is 5.94. The van der Waals surface area contributed by atoms with Gasteiger partial charge >= 0.3 is 0 Å². The van der Waals surface area contributed by atoms with Gasteiger partial charge < -0.3 is 14.2 Å². The summed E-state index contributed by atoms with van der Waals surface area (Å²) in [5.74, 6) is 0.862. The summed E-state index contributed by atoms with van der Waals surface area (Å²) in [7, 11) is 0. The molecule has 1 amide bonds. The van der Waals surface area contributed by atoms with Gasteiger partial charge in [-0.3, -0.25) is 14.5 Å². The van der Waals surface area contributed by atoms with Crippen LogP contribution in [0.15, 0.2) is 16.9 Å². The highest BCUT2D eigenvalue weighted by Crippen LogP contribution is 2.38. The Bertz CT molecular complexity index is 875. The third kappa shape index (κ3) is 2.98. The maximum atomic E-state index is 13.3. The first-order chi connectivity index (χ1) is 14.2. The molecular formula is C23H31N3O3. The van der Waals surface area contributed by atoms with Crippen molar-refractivity contribution in [2.75, 3.05) is 26.2 Å². The van der Waals surface area contributed by atoms with E-state index in [-0.39, 0.29) is 23.6 Å². The number of hydrogen-bond acceptors (Lipinski definition) is 4. The Labute approximate surface area is 171 Å². The van der Waals surface area contributed by atoms with Crippen molar-refractivity contribution >= 4 is 5.91 Å². The Kier molecular flexibility index (Phi) is 4.34. The van der Waals surface area contributed by atoms with E-state index < -0.39 is 0 Å². The van der Waals surface area contributed by atoms with Crippen LogP contribution in [0.25, 0.3) is 0 Å². The maximum Gasteiger partial charge on any atom is 0.263 e. The van der Waals surface area contributed by atoms with Crippen molar-refractivity contribution in [2.24, 2.45) is 5.92 Å². The fourth-order valence-corrected chi connectivity index (χ4v) is 6.69.